The quantitative estimate of drug-likeness (QED) is 0.734. The van der Waals surface area contributed by atoms with Gasteiger partial charge in [-0.3, -0.25) is 0 Å². The summed E-state index contributed by atoms with van der Waals surface area (Å²) in [6.07, 6.45) is -4.29. The Hall–Kier alpha value is -1.25. The van der Waals surface area contributed by atoms with E-state index in [4.69, 9.17) is 0 Å². The van der Waals surface area contributed by atoms with Gasteiger partial charge < -0.3 is 0 Å². The molecule has 2 aromatic rings. The number of alkyl halides is 3. The molecule has 106 valence electrons. The summed E-state index contributed by atoms with van der Waals surface area (Å²) >= 11 is -0.339. The van der Waals surface area contributed by atoms with Crippen LogP contribution in [0, 0.1) is 20.8 Å². The molecule has 0 unspecified atom stereocenters. The summed E-state index contributed by atoms with van der Waals surface area (Å²) < 4.78 is 40.5. The molecular formula is C16H15F3Se. The van der Waals surface area contributed by atoms with Crippen molar-refractivity contribution in [2.24, 2.45) is 0 Å². The van der Waals surface area contributed by atoms with E-state index in [1.165, 1.54) is 6.07 Å². The molecule has 0 aliphatic heterocycles. The Morgan fingerprint density at radius 1 is 0.900 bits per heavy atom. The molecule has 0 radical (unpaired) electrons. The van der Waals surface area contributed by atoms with E-state index in [1.54, 1.807) is 12.1 Å². The first-order valence-electron chi connectivity index (χ1n) is 6.21. The van der Waals surface area contributed by atoms with Crippen molar-refractivity contribution >= 4 is 23.9 Å². The maximum absolute atomic E-state index is 13.0. The van der Waals surface area contributed by atoms with E-state index in [1.807, 2.05) is 32.9 Å². The minimum atomic E-state index is -4.29. The van der Waals surface area contributed by atoms with Crippen LogP contribution in [-0.2, 0) is 6.18 Å². The molecule has 0 atom stereocenters. The van der Waals surface area contributed by atoms with Crippen molar-refractivity contribution in [1.82, 2.24) is 0 Å². The monoisotopic (exact) mass is 344 g/mol. The van der Waals surface area contributed by atoms with E-state index >= 15 is 0 Å². The van der Waals surface area contributed by atoms with Crippen LogP contribution in [0.2, 0.25) is 0 Å². The van der Waals surface area contributed by atoms with Gasteiger partial charge in [0.1, 0.15) is 0 Å². The fourth-order valence-corrected chi connectivity index (χ4v) is 4.54. The van der Waals surface area contributed by atoms with Crippen LogP contribution in [-0.4, -0.2) is 15.0 Å². The van der Waals surface area contributed by atoms with Crippen molar-refractivity contribution in [3.05, 3.63) is 58.7 Å². The van der Waals surface area contributed by atoms with E-state index in [0.29, 0.717) is 4.46 Å². The summed E-state index contributed by atoms with van der Waals surface area (Å²) in [6, 6.07) is 9.92. The number of halogens is 3. The number of rotatable bonds is 2. The molecule has 0 N–H and O–H groups in total. The van der Waals surface area contributed by atoms with Gasteiger partial charge in [0.2, 0.25) is 0 Å². The van der Waals surface area contributed by atoms with Crippen molar-refractivity contribution in [2.75, 3.05) is 0 Å². The summed E-state index contributed by atoms with van der Waals surface area (Å²) in [5.74, 6) is 0. The summed E-state index contributed by atoms with van der Waals surface area (Å²) in [6.45, 7) is 5.93. The van der Waals surface area contributed by atoms with Crippen LogP contribution in [0.25, 0.3) is 0 Å². The van der Waals surface area contributed by atoms with Crippen LogP contribution in [0.1, 0.15) is 22.3 Å². The van der Waals surface area contributed by atoms with Crippen LogP contribution in [0.3, 0.4) is 0 Å². The van der Waals surface area contributed by atoms with Crippen LogP contribution < -0.4 is 8.92 Å². The topological polar surface area (TPSA) is 0 Å². The first-order chi connectivity index (χ1) is 9.29. The second-order valence-electron chi connectivity index (χ2n) is 4.82. The van der Waals surface area contributed by atoms with Gasteiger partial charge in [-0.1, -0.05) is 0 Å². The summed E-state index contributed by atoms with van der Waals surface area (Å²) in [4.78, 5) is 0. The molecule has 0 saturated carbocycles. The van der Waals surface area contributed by atoms with Gasteiger partial charge in [0.25, 0.3) is 0 Å². The van der Waals surface area contributed by atoms with Crippen LogP contribution in [0.5, 0.6) is 0 Å². The molecule has 2 aromatic carbocycles. The average Bonchev–Trinajstić information content (AvgIpc) is 2.33. The Bertz CT molecular complexity index is 607. The van der Waals surface area contributed by atoms with Gasteiger partial charge in [-0.2, -0.15) is 0 Å². The standard InChI is InChI=1S/C16H15F3Se/c1-10-8-11(2)15(12(3)9-10)20-14-7-5-4-6-13(14)16(17,18)19/h4-9H,1-3H3. The van der Waals surface area contributed by atoms with Gasteiger partial charge in [0, 0.05) is 0 Å². The van der Waals surface area contributed by atoms with Gasteiger partial charge in [-0.05, 0) is 0 Å². The fraction of sp³-hybridized carbons (Fsp3) is 0.250. The van der Waals surface area contributed by atoms with E-state index in [2.05, 4.69) is 0 Å². The molecule has 0 nitrogen and oxygen atoms in total. The van der Waals surface area contributed by atoms with Crippen molar-refractivity contribution in [3.8, 4) is 0 Å². The molecule has 0 aliphatic rings. The van der Waals surface area contributed by atoms with E-state index in [-0.39, 0.29) is 15.0 Å². The average molecular weight is 343 g/mol. The zero-order valence-electron chi connectivity index (χ0n) is 11.5. The molecule has 0 aliphatic carbocycles. The maximum atomic E-state index is 13.0. The number of hydrogen-bond donors (Lipinski definition) is 0. The zero-order chi connectivity index (χ0) is 14.9. The number of aryl methyl sites for hydroxylation is 3. The first kappa shape index (κ1) is 15.1. The summed E-state index contributed by atoms with van der Waals surface area (Å²) in [5.41, 5.74) is 2.77. The van der Waals surface area contributed by atoms with Gasteiger partial charge in [-0.25, -0.2) is 0 Å². The molecule has 2 rings (SSSR count). The number of hydrogen-bond acceptors (Lipinski definition) is 0. The van der Waals surface area contributed by atoms with E-state index < -0.39 is 11.7 Å². The molecule has 20 heavy (non-hydrogen) atoms. The van der Waals surface area contributed by atoms with Crippen molar-refractivity contribution in [1.29, 1.82) is 0 Å². The first-order valence-corrected chi connectivity index (χ1v) is 7.92. The minimum absolute atomic E-state index is 0.339. The second-order valence-corrected chi connectivity index (χ2v) is 7.03. The van der Waals surface area contributed by atoms with Gasteiger partial charge in [0.05, 0.1) is 0 Å². The molecule has 0 spiro atoms. The van der Waals surface area contributed by atoms with Crippen molar-refractivity contribution < 1.29 is 13.2 Å². The number of benzene rings is 2. The zero-order valence-corrected chi connectivity index (χ0v) is 13.2. The Kier molecular flexibility index (Phi) is 4.26. The predicted octanol–water partition coefficient (Wildman–Crippen LogP) is 3.29. The Balaban J connectivity index is 2.46. The molecular weight excluding hydrogens is 328 g/mol. The fourth-order valence-electron chi connectivity index (χ4n) is 2.23. The van der Waals surface area contributed by atoms with Gasteiger partial charge >= 0.3 is 123 Å². The van der Waals surface area contributed by atoms with Crippen LogP contribution in [0.15, 0.2) is 36.4 Å². The van der Waals surface area contributed by atoms with E-state index in [0.717, 1.165) is 27.2 Å². The normalized spacial score (nSPS) is 11.7. The Labute approximate surface area is 123 Å². The molecule has 0 saturated heterocycles. The summed E-state index contributed by atoms with van der Waals surface area (Å²) in [7, 11) is 0. The molecule has 0 amide bonds. The molecule has 0 aromatic heterocycles. The van der Waals surface area contributed by atoms with Crippen molar-refractivity contribution in [2.45, 2.75) is 26.9 Å². The third-order valence-corrected chi connectivity index (χ3v) is 6.00. The third kappa shape index (κ3) is 3.25. The van der Waals surface area contributed by atoms with Gasteiger partial charge in [0.15, 0.2) is 0 Å². The van der Waals surface area contributed by atoms with Crippen LogP contribution >= 0.6 is 0 Å². The van der Waals surface area contributed by atoms with E-state index in [9.17, 15) is 13.2 Å². The predicted molar refractivity (Wildman–Crippen MR) is 77.1 cm³/mol. The third-order valence-electron chi connectivity index (χ3n) is 3.01. The Morgan fingerprint density at radius 3 is 2.00 bits per heavy atom. The summed E-state index contributed by atoms with van der Waals surface area (Å²) in [5, 5.41) is 0. The molecule has 0 fully saturated rings. The van der Waals surface area contributed by atoms with Crippen LogP contribution in [0.4, 0.5) is 13.2 Å². The molecule has 0 bridgehead atoms. The van der Waals surface area contributed by atoms with Gasteiger partial charge in [-0.15, -0.1) is 0 Å². The Morgan fingerprint density at radius 2 is 1.45 bits per heavy atom. The van der Waals surface area contributed by atoms with Crippen molar-refractivity contribution in [3.63, 3.8) is 0 Å². The second kappa shape index (κ2) is 5.63. The SMILES string of the molecule is Cc1cc(C)c([Se]c2ccccc2C(F)(F)F)c(C)c1. The molecule has 4 heteroatoms. The molecule has 0 heterocycles.